The van der Waals surface area contributed by atoms with Crippen molar-refractivity contribution in [2.24, 2.45) is 11.5 Å². The van der Waals surface area contributed by atoms with Gasteiger partial charge in [-0.25, -0.2) is 4.79 Å². The van der Waals surface area contributed by atoms with Crippen molar-refractivity contribution in [1.82, 2.24) is 10.3 Å². The Bertz CT molecular complexity index is 859. The average Bonchev–Trinajstić information content (AvgIpc) is 3.11. The highest BCUT2D eigenvalue weighted by Crippen LogP contribution is 2.40. The quantitative estimate of drug-likeness (QED) is 0.639. The van der Waals surface area contributed by atoms with E-state index in [1.54, 1.807) is 12.3 Å². The third-order valence-corrected chi connectivity index (χ3v) is 5.05. The molecule has 148 valence electrons. The molecule has 1 aromatic heterocycles. The zero-order chi connectivity index (χ0) is 19.5. The van der Waals surface area contributed by atoms with Gasteiger partial charge in [0.2, 0.25) is 0 Å². The summed E-state index contributed by atoms with van der Waals surface area (Å²) in [5.74, 6) is 1.29. The van der Waals surface area contributed by atoms with Crippen molar-refractivity contribution in [2.45, 2.75) is 37.5 Å². The molecule has 4 rings (SSSR count). The van der Waals surface area contributed by atoms with Crippen LogP contribution in [0, 0.1) is 0 Å². The van der Waals surface area contributed by atoms with Crippen LogP contribution in [0.3, 0.4) is 0 Å². The van der Waals surface area contributed by atoms with Gasteiger partial charge in [0.1, 0.15) is 12.7 Å². The number of rotatable bonds is 4. The number of hydrogen-bond donors (Lipinski definition) is 4. The van der Waals surface area contributed by atoms with E-state index in [0.29, 0.717) is 36.0 Å². The van der Waals surface area contributed by atoms with E-state index in [2.05, 4.69) is 15.6 Å². The van der Waals surface area contributed by atoms with Gasteiger partial charge in [0, 0.05) is 36.1 Å². The van der Waals surface area contributed by atoms with E-state index in [4.69, 9.17) is 20.9 Å². The summed E-state index contributed by atoms with van der Waals surface area (Å²) in [6.07, 6.45) is 4.12. The Morgan fingerprint density at radius 3 is 2.96 bits per heavy atom. The molecular weight excluding hydrogens is 358 g/mol. The Labute approximate surface area is 163 Å². The topological polar surface area (TPSA) is 125 Å². The van der Waals surface area contributed by atoms with E-state index in [1.165, 1.54) is 0 Å². The van der Waals surface area contributed by atoms with Crippen LogP contribution >= 0.6 is 0 Å². The molecule has 0 bridgehead atoms. The number of carbonyl (C=O) groups excluding carboxylic acids is 1. The molecule has 2 heterocycles. The first-order valence-electron chi connectivity index (χ1n) is 9.54. The highest BCUT2D eigenvalue weighted by molar-refractivity contribution is 5.90. The van der Waals surface area contributed by atoms with Crippen LogP contribution < -0.4 is 31.6 Å². The lowest BCUT2D eigenvalue weighted by Crippen LogP contribution is -2.37. The summed E-state index contributed by atoms with van der Waals surface area (Å²) in [5, 5.41) is 5.84. The summed E-state index contributed by atoms with van der Waals surface area (Å²) in [6.45, 7) is 0.792. The number of urea groups is 1. The maximum Gasteiger partial charge on any atom is 0.319 e. The standard InChI is InChI=1S/C20H25N5O3/c21-10-15-11-27-18-3-1-2-16(19(18)28-15)17-9-14(6-7-23-17)25-20(26)24-13-5-4-12(22)8-13/h1-3,6-7,9,12-13,15H,4-5,8,10-11,21-22H2,(H2,23,24,25,26)/t12-,13+,15?/m0/s1. The second kappa shape index (κ2) is 8.04. The maximum absolute atomic E-state index is 12.3. The van der Waals surface area contributed by atoms with Gasteiger partial charge in [-0.15, -0.1) is 0 Å². The first-order chi connectivity index (χ1) is 13.6. The van der Waals surface area contributed by atoms with Crippen molar-refractivity contribution in [3.8, 4) is 22.8 Å². The Balaban J connectivity index is 1.51. The van der Waals surface area contributed by atoms with Gasteiger partial charge in [0.15, 0.2) is 11.5 Å². The molecule has 1 fully saturated rings. The molecule has 1 aliphatic heterocycles. The molecule has 1 saturated carbocycles. The minimum atomic E-state index is -0.242. The van der Waals surface area contributed by atoms with Crippen LogP contribution in [0.4, 0.5) is 10.5 Å². The second-order valence-corrected chi connectivity index (χ2v) is 7.22. The fourth-order valence-corrected chi connectivity index (χ4v) is 3.61. The maximum atomic E-state index is 12.3. The number of benzene rings is 1. The Morgan fingerprint density at radius 1 is 1.29 bits per heavy atom. The van der Waals surface area contributed by atoms with Gasteiger partial charge < -0.3 is 31.6 Å². The van der Waals surface area contributed by atoms with Crippen LogP contribution in [0.2, 0.25) is 0 Å². The smallest absolute Gasteiger partial charge is 0.319 e. The van der Waals surface area contributed by atoms with Crippen LogP contribution in [-0.2, 0) is 0 Å². The van der Waals surface area contributed by atoms with E-state index < -0.39 is 0 Å². The van der Waals surface area contributed by atoms with Crippen molar-refractivity contribution in [1.29, 1.82) is 0 Å². The minimum absolute atomic E-state index is 0.121. The van der Waals surface area contributed by atoms with Gasteiger partial charge in [-0.3, -0.25) is 4.98 Å². The summed E-state index contributed by atoms with van der Waals surface area (Å²) in [6, 6.07) is 9.26. The molecule has 1 aliphatic carbocycles. The largest absolute Gasteiger partial charge is 0.486 e. The molecule has 0 spiro atoms. The molecule has 2 aromatic rings. The molecule has 3 atom stereocenters. The second-order valence-electron chi connectivity index (χ2n) is 7.22. The highest BCUT2D eigenvalue weighted by atomic mass is 16.6. The molecule has 6 N–H and O–H groups in total. The number of fused-ring (bicyclic) bond motifs is 1. The predicted octanol–water partition coefficient (Wildman–Crippen LogP) is 1.85. The fourth-order valence-electron chi connectivity index (χ4n) is 3.61. The summed E-state index contributed by atoms with van der Waals surface area (Å²) in [5.41, 5.74) is 13.7. The lowest BCUT2D eigenvalue weighted by Gasteiger charge is -2.27. The zero-order valence-electron chi connectivity index (χ0n) is 15.6. The third kappa shape index (κ3) is 4.02. The van der Waals surface area contributed by atoms with Gasteiger partial charge in [-0.1, -0.05) is 6.07 Å². The molecule has 28 heavy (non-hydrogen) atoms. The SMILES string of the molecule is NCC1COc2cccc(-c3cc(NC(=O)N[C@@H]4CC[C@H](N)C4)ccn3)c2O1. The number of carbonyl (C=O) groups is 1. The van der Waals surface area contributed by atoms with Crippen LogP contribution in [0.15, 0.2) is 36.5 Å². The predicted molar refractivity (Wildman–Crippen MR) is 106 cm³/mol. The molecule has 8 nitrogen and oxygen atoms in total. The van der Waals surface area contributed by atoms with Crippen molar-refractivity contribution < 1.29 is 14.3 Å². The lowest BCUT2D eigenvalue weighted by atomic mass is 10.1. The first-order valence-corrected chi connectivity index (χ1v) is 9.54. The van der Waals surface area contributed by atoms with Crippen LogP contribution in [0.5, 0.6) is 11.5 Å². The minimum Gasteiger partial charge on any atom is -0.486 e. The number of pyridine rings is 1. The molecule has 1 aromatic carbocycles. The third-order valence-electron chi connectivity index (χ3n) is 5.05. The highest BCUT2D eigenvalue weighted by Gasteiger charge is 2.25. The number of nitrogens with two attached hydrogens (primary N) is 2. The Kier molecular flexibility index (Phi) is 5.31. The van der Waals surface area contributed by atoms with Crippen LogP contribution in [-0.4, -0.2) is 42.4 Å². The number of amides is 2. The lowest BCUT2D eigenvalue weighted by molar-refractivity contribution is 0.0976. The van der Waals surface area contributed by atoms with Gasteiger partial charge >= 0.3 is 6.03 Å². The number of nitrogens with one attached hydrogen (secondary N) is 2. The van der Waals surface area contributed by atoms with E-state index in [9.17, 15) is 4.79 Å². The van der Waals surface area contributed by atoms with Gasteiger partial charge in [-0.2, -0.15) is 0 Å². The molecule has 0 saturated heterocycles. The number of nitrogens with zero attached hydrogens (tertiary/aromatic N) is 1. The van der Waals surface area contributed by atoms with Crippen molar-refractivity contribution in [3.63, 3.8) is 0 Å². The summed E-state index contributed by atoms with van der Waals surface area (Å²) < 4.78 is 11.7. The Hall–Kier alpha value is -2.84. The zero-order valence-corrected chi connectivity index (χ0v) is 15.6. The Morgan fingerprint density at radius 2 is 2.18 bits per heavy atom. The summed E-state index contributed by atoms with van der Waals surface area (Å²) >= 11 is 0. The van der Waals surface area contributed by atoms with Crippen LogP contribution in [0.25, 0.3) is 11.3 Å². The molecule has 2 aliphatic rings. The van der Waals surface area contributed by atoms with Gasteiger partial charge in [-0.05, 0) is 43.5 Å². The van der Waals surface area contributed by atoms with E-state index in [1.807, 2.05) is 24.3 Å². The number of para-hydroxylation sites is 1. The van der Waals surface area contributed by atoms with Gasteiger partial charge in [0.25, 0.3) is 0 Å². The van der Waals surface area contributed by atoms with Crippen molar-refractivity contribution in [2.75, 3.05) is 18.5 Å². The molecule has 2 amide bonds. The molecule has 8 heteroatoms. The molecule has 1 unspecified atom stereocenters. The number of ether oxygens (including phenoxy) is 2. The monoisotopic (exact) mass is 383 g/mol. The summed E-state index contributed by atoms with van der Waals surface area (Å²) in [7, 11) is 0. The van der Waals surface area contributed by atoms with Crippen molar-refractivity contribution >= 4 is 11.7 Å². The van der Waals surface area contributed by atoms with E-state index in [0.717, 1.165) is 24.8 Å². The fraction of sp³-hybridized carbons (Fsp3) is 0.400. The normalized spacial score (nSPS) is 23.3. The van der Waals surface area contributed by atoms with Crippen molar-refractivity contribution in [3.05, 3.63) is 36.5 Å². The molecular formula is C20H25N5O3. The first kappa shape index (κ1) is 18.5. The van der Waals surface area contributed by atoms with E-state index >= 15 is 0 Å². The number of anilines is 1. The number of aromatic nitrogens is 1. The summed E-state index contributed by atoms with van der Waals surface area (Å²) in [4.78, 5) is 16.7. The number of hydrogen-bond acceptors (Lipinski definition) is 6. The van der Waals surface area contributed by atoms with E-state index in [-0.39, 0.29) is 24.2 Å². The molecule has 0 radical (unpaired) electrons. The van der Waals surface area contributed by atoms with Crippen LogP contribution in [0.1, 0.15) is 19.3 Å². The average molecular weight is 383 g/mol. The van der Waals surface area contributed by atoms with Gasteiger partial charge in [0.05, 0.1) is 5.69 Å².